The lowest BCUT2D eigenvalue weighted by Crippen LogP contribution is -2.29. The lowest BCUT2D eigenvalue weighted by Gasteiger charge is -2.23. The van der Waals surface area contributed by atoms with E-state index in [2.05, 4.69) is 31.2 Å². The monoisotopic (exact) mass is 271 g/mol. The number of nitrogens with one attached hydrogen (secondary N) is 1. The standard InChI is InChI=1S/C14H26ClN3/c1-10-13(15)12(18(6)17-10)9-11(16-5)7-8-14(2,3)4/h11,16H,7-9H2,1-6H3. The summed E-state index contributed by atoms with van der Waals surface area (Å²) >= 11 is 6.29. The topological polar surface area (TPSA) is 29.9 Å². The maximum absolute atomic E-state index is 6.29. The molecule has 0 saturated carbocycles. The molecule has 18 heavy (non-hydrogen) atoms. The van der Waals surface area contributed by atoms with Gasteiger partial charge in [0.05, 0.1) is 16.4 Å². The van der Waals surface area contributed by atoms with Crippen molar-refractivity contribution in [2.24, 2.45) is 12.5 Å². The van der Waals surface area contributed by atoms with Gasteiger partial charge in [0.1, 0.15) is 0 Å². The Morgan fingerprint density at radius 3 is 2.39 bits per heavy atom. The third kappa shape index (κ3) is 4.29. The maximum Gasteiger partial charge on any atom is 0.0847 e. The number of rotatable bonds is 5. The largest absolute Gasteiger partial charge is 0.317 e. The zero-order valence-electron chi connectivity index (χ0n) is 12.5. The summed E-state index contributed by atoms with van der Waals surface area (Å²) in [7, 11) is 3.98. The summed E-state index contributed by atoms with van der Waals surface area (Å²) in [6.07, 6.45) is 3.29. The van der Waals surface area contributed by atoms with Crippen LogP contribution in [-0.4, -0.2) is 22.9 Å². The number of halogens is 1. The van der Waals surface area contributed by atoms with Crippen molar-refractivity contribution in [3.63, 3.8) is 0 Å². The Kier molecular flexibility index (Phi) is 5.23. The fourth-order valence-corrected chi connectivity index (χ4v) is 2.33. The van der Waals surface area contributed by atoms with Gasteiger partial charge in [-0.1, -0.05) is 32.4 Å². The second-order valence-electron chi connectivity index (χ2n) is 6.26. The number of aryl methyl sites for hydroxylation is 2. The van der Waals surface area contributed by atoms with Gasteiger partial charge in [-0.05, 0) is 32.2 Å². The molecule has 0 fully saturated rings. The quantitative estimate of drug-likeness (QED) is 0.890. The Morgan fingerprint density at radius 2 is 2.00 bits per heavy atom. The molecule has 104 valence electrons. The predicted molar refractivity (Wildman–Crippen MR) is 78.2 cm³/mol. The van der Waals surface area contributed by atoms with Crippen molar-refractivity contribution in [3.8, 4) is 0 Å². The van der Waals surface area contributed by atoms with Gasteiger partial charge in [-0.2, -0.15) is 5.10 Å². The summed E-state index contributed by atoms with van der Waals surface area (Å²) in [5.74, 6) is 0. The van der Waals surface area contributed by atoms with Crippen LogP contribution < -0.4 is 5.32 Å². The highest BCUT2D eigenvalue weighted by molar-refractivity contribution is 6.31. The van der Waals surface area contributed by atoms with Gasteiger partial charge in [-0.15, -0.1) is 0 Å². The fraction of sp³-hybridized carbons (Fsp3) is 0.786. The minimum absolute atomic E-state index is 0.376. The molecule has 0 saturated heterocycles. The number of likely N-dealkylation sites (N-methyl/N-ethyl adjacent to an activating group) is 1. The molecule has 0 aliphatic carbocycles. The zero-order valence-corrected chi connectivity index (χ0v) is 13.2. The Hall–Kier alpha value is -0.540. The van der Waals surface area contributed by atoms with Crippen LogP contribution in [0.4, 0.5) is 0 Å². The Morgan fingerprint density at radius 1 is 1.39 bits per heavy atom. The molecule has 0 aliphatic rings. The van der Waals surface area contributed by atoms with Gasteiger partial charge in [-0.3, -0.25) is 4.68 Å². The van der Waals surface area contributed by atoms with Gasteiger partial charge in [0.2, 0.25) is 0 Å². The van der Waals surface area contributed by atoms with Crippen molar-refractivity contribution in [1.82, 2.24) is 15.1 Å². The molecule has 3 nitrogen and oxygen atoms in total. The lowest BCUT2D eigenvalue weighted by molar-refractivity contribution is 0.333. The first kappa shape index (κ1) is 15.5. The van der Waals surface area contributed by atoms with Crippen molar-refractivity contribution in [2.75, 3.05) is 7.05 Å². The molecule has 0 aromatic carbocycles. The van der Waals surface area contributed by atoms with Gasteiger partial charge in [0.15, 0.2) is 0 Å². The molecule has 0 bridgehead atoms. The van der Waals surface area contributed by atoms with Crippen LogP contribution in [0.15, 0.2) is 0 Å². The second-order valence-corrected chi connectivity index (χ2v) is 6.64. The fourth-order valence-electron chi connectivity index (χ4n) is 2.09. The summed E-state index contributed by atoms with van der Waals surface area (Å²) in [6, 6.07) is 0.455. The third-order valence-electron chi connectivity index (χ3n) is 3.35. The van der Waals surface area contributed by atoms with Crippen LogP contribution in [0.25, 0.3) is 0 Å². The molecular formula is C14H26ClN3. The van der Waals surface area contributed by atoms with E-state index >= 15 is 0 Å². The normalized spacial score (nSPS) is 13.9. The van der Waals surface area contributed by atoms with Gasteiger partial charge >= 0.3 is 0 Å². The first-order chi connectivity index (χ1) is 8.24. The van der Waals surface area contributed by atoms with E-state index in [9.17, 15) is 0 Å². The number of hydrogen-bond acceptors (Lipinski definition) is 2. The third-order valence-corrected chi connectivity index (χ3v) is 3.84. The lowest BCUT2D eigenvalue weighted by atomic mass is 9.88. The maximum atomic E-state index is 6.29. The van der Waals surface area contributed by atoms with E-state index in [1.165, 1.54) is 6.42 Å². The van der Waals surface area contributed by atoms with E-state index in [1.54, 1.807) is 0 Å². The van der Waals surface area contributed by atoms with Gasteiger partial charge in [0, 0.05) is 19.5 Å². The minimum atomic E-state index is 0.376. The SMILES string of the molecule is CNC(CCC(C)(C)C)Cc1c(Cl)c(C)nn1C. The molecule has 1 rings (SSSR count). The Labute approximate surface area is 116 Å². The Bertz CT molecular complexity index is 390. The molecule has 0 spiro atoms. The number of aromatic nitrogens is 2. The molecule has 1 unspecified atom stereocenters. The summed E-state index contributed by atoms with van der Waals surface area (Å²) in [4.78, 5) is 0. The number of hydrogen-bond donors (Lipinski definition) is 1. The van der Waals surface area contributed by atoms with E-state index in [-0.39, 0.29) is 0 Å². The summed E-state index contributed by atoms with van der Waals surface area (Å²) < 4.78 is 1.90. The molecule has 1 N–H and O–H groups in total. The van der Waals surface area contributed by atoms with E-state index < -0.39 is 0 Å². The van der Waals surface area contributed by atoms with Crippen molar-refractivity contribution in [1.29, 1.82) is 0 Å². The van der Waals surface area contributed by atoms with Crippen LogP contribution in [0.1, 0.15) is 45.0 Å². The van der Waals surface area contributed by atoms with Crippen molar-refractivity contribution in [3.05, 3.63) is 16.4 Å². The zero-order chi connectivity index (χ0) is 13.9. The first-order valence-electron chi connectivity index (χ1n) is 6.60. The molecule has 0 amide bonds. The van der Waals surface area contributed by atoms with Crippen molar-refractivity contribution >= 4 is 11.6 Å². The second kappa shape index (κ2) is 6.07. The average molecular weight is 272 g/mol. The molecule has 0 radical (unpaired) electrons. The average Bonchev–Trinajstić information content (AvgIpc) is 2.48. The number of nitrogens with zero attached hydrogens (tertiary/aromatic N) is 2. The minimum Gasteiger partial charge on any atom is -0.317 e. The van der Waals surface area contributed by atoms with E-state index in [0.29, 0.717) is 11.5 Å². The molecular weight excluding hydrogens is 246 g/mol. The molecule has 1 atom stereocenters. The molecule has 4 heteroatoms. The smallest absolute Gasteiger partial charge is 0.0847 e. The van der Waals surface area contributed by atoms with E-state index in [1.807, 2.05) is 25.7 Å². The Balaban J connectivity index is 2.68. The molecule has 1 heterocycles. The summed E-state index contributed by atoms with van der Waals surface area (Å²) in [5, 5.41) is 8.56. The van der Waals surface area contributed by atoms with E-state index in [0.717, 1.165) is 29.3 Å². The van der Waals surface area contributed by atoms with Crippen molar-refractivity contribution in [2.45, 2.75) is 53.0 Å². The van der Waals surface area contributed by atoms with Crippen LogP contribution in [-0.2, 0) is 13.5 Å². The summed E-state index contributed by atoms with van der Waals surface area (Å²) in [6.45, 7) is 8.79. The highest BCUT2D eigenvalue weighted by Crippen LogP contribution is 2.25. The molecule has 1 aromatic rings. The molecule has 1 aromatic heterocycles. The summed E-state index contributed by atoms with van der Waals surface area (Å²) in [5.41, 5.74) is 2.42. The van der Waals surface area contributed by atoms with Gasteiger partial charge in [-0.25, -0.2) is 0 Å². The van der Waals surface area contributed by atoms with Crippen LogP contribution in [0.3, 0.4) is 0 Å². The first-order valence-corrected chi connectivity index (χ1v) is 6.97. The van der Waals surface area contributed by atoms with Crippen LogP contribution in [0, 0.1) is 12.3 Å². The van der Waals surface area contributed by atoms with Crippen LogP contribution in [0.5, 0.6) is 0 Å². The molecule has 0 aliphatic heterocycles. The highest BCUT2D eigenvalue weighted by atomic mass is 35.5. The van der Waals surface area contributed by atoms with Crippen molar-refractivity contribution < 1.29 is 0 Å². The van der Waals surface area contributed by atoms with Gasteiger partial charge < -0.3 is 5.32 Å². The van der Waals surface area contributed by atoms with E-state index in [4.69, 9.17) is 11.6 Å². The van der Waals surface area contributed by atoms with Crippen LogP contribution >= 0.6 is 11.6 Å². The van der Waals surface area contributed by atoms with Crippen LogP contribution in [0.2, 0.25) is 5.02 Å². The van der Waals surface area contributed by atoms with Gasteiger partial charge in [0.25, 0.3) is 0 Å². The highest BCUT2D eigenvalue weighted by Gasteiger charge is 2.18. The predicted octanol–water partition coefficient (Wildman–Crippen LogP) is 3.34.